The van der Waals surface area contributed by atoms with E-state index in [-0.39, 0.29) is 36.4 Å². The summed E-state index contributed by atoms with van der Waals surface area (Å²) >= 11 is 0. The molecule has 1 unspecified atom stereocenters. The van der Waals surface area contributed by atoms with E-state index in [1.807, 2.05) is 6.92 Å². The zero-order valence-electron chi connectivity index (χ0n) is 14.4. The Kier molecular flexibility index (Phi) is 5.27. The SMILES string of the molecule is CC(Nc1cc(=O)n(C2CCOCC2)c(=O)[nH]1)C1CCC(F)(F)CC1. The highest BCUT2D eigenvalue weighted by atomic mass is 19.3. The minimum absolute atomic E-state index is 0.0925. The highest BCUT2D eigenvalue weighted by molar-refractivity contribution is 5.33. The molecule has 2 heterocycles. The topological polar surface area (TPSA) is 76.1 Å². The summed E-state index contributed by atoms with van der Waals surface area (Å²) in [6.07, 6.45) is 1.94. The molecule has 140 valence electrons. The number of aromatic amines is 1. The van der Waals surface area contributed by atoms with E-state index in [1.54, 1.807) is 0 Å². The highest BCUT2D eigenvalue weighted by Gasteiger charge is 2.36. The maximum Gasteiger partial charge on any atom is 0.330 e. The van der Waals surface area contributed by atoms with Gasteiger partial charge < -0.3 is 10.1 Å². The smallest absolute Gasteiger partial charge is 0.330 e. The van der Waals surface area contributed by atoms with E-state index in [1.165, 1.54) is 10.6 Å². The van der Waals surface area contributed by atoms with E-state index in [4.69, 9.17) is 4.74 Å². The van der Waals surface area contributed by atoms with E-state index in [9.17, 15) is 18.4 Å². The Hall–Kier alpha value is -1.70. The van der Waals surface area contributed by atoms with Crippen molar-refractivity contribution in [2.24, 2.45) is 5.92 Å². The number of halogens is 2. The fourth-order valence-corrected chi connectivity index (χ4v) is 3.80. The van der Waals surface area contributed by atoms with Gasteiger partial charge in [-0.1, -0.05) is 0 Å². The molecule has 1 aromatic heterocycles. The molecule has 8 heteroatoms. The van der Waals surface area contributed by atoms with E-state index in [2.05, 4.69) is 10.3 Å². The summed E-state index contributed by atoms with van der Waals surface area (Å²) in [5, 5.41) is 3.11. The number of hydrogen-bond acceptors (Lipinski definition) is 4. The van der Waals surface area contributed by atoms with Crippen LogP contribution in [0.3, 0.4) is 0 Å². The molecular weight excluding hydrogens is 332 g/mol. The van der Waals surface area contributed by atoms with Crippen LogP contribution in [0.1, 0.15) is 51.5 Å². The Morgan fingerprint density at radius 1 is 1.24 bits per heavy atom. The Morgan fingerprint density at radius 3 is 2.48 bits per heavy atom. The maximum atomic E-state index is 13.3. The van der Waals surface area contributed by atoms with Crippen molar-refractivity contribution in [2.45, 2.75) is 63.5 Å². The van der Waals surface area contributed by atoms with Gasteiger partial charge in [-0.15, -0.1) is 0 Å². The molecule has 3 rings (SSSR count). The number of alkyl halides is 2. The van der Waals surface area contributed by atoms with Gasteiger partial charge in [0.2, 0.25) is 5.92 Å². The lowest BCUT2D eigenvalue weighted by Crippen LogP contribution is -2.41. The Labute approximate surface area is 144 Å². The molecule has 6 nitrogen and oxygen atoms in total. The second kappa shape index (κ2) is 7.27. The van der Waals surface area contributed by atoms with Crippen LogP contribution in [0.15, 0.2) is 15.7 Å². The quantitative estimate of drug-likeness (QED) is 0.868. The summed E-state index contributed by atoms with van der Waals surface area (Å²) in [6.45, 7) is 2.98. The molecule has 1 saturated carbocycles. The van der Waals surface area contributed by atoms with Gasteiger partial charge in [0.15, 0.2) is 0 Å². The van der Waals surface area contributed by atoms with Gasteiger partial charge in [-0.05, 0) is 38.5 Å². The molecule has 1 saturated heterocycles. The van der Waals surface area contributed by atoms with E-state index >= 15 is 0 Å². The average Bonchev–Trinajstić information content (AvgIpc) is 2.55. The number of anilines is 1. The standard InChI is InChI=1S/C17H25F2N3O3/c1-11(12-2-6-17(18,19)7-3-12)20-14-10-15(23)22(16(24)21-14)13-4-8-25-9-5-13/h10-13,20H,2-9H2,1H3,(H,21,24). The first kappa shape index (κ1) is 18.1. The molecule has 1 aliphatic carbocycles. The summed E-state index contributed by atoms with van der Waals surface area (Å²) in [5.74, 6) is -2.11. The number of nitrogens with zero attached hydrogens (tertiary/aromatic N) is 1. The molecule has 0 amide bonds. The third kappa shape index (κ3) is 4.29. The Balaban J connectivity index is 1.69. The van der Waals surface area contributed by atoms with Crippen molar-refractivity contribution in [1.29, 1.82) is 0 Å². The zero-order chi connectivity index (χ0) is 18.0. The van der Waals surface area contributed by atoms with Crippen molar-refractivity contribution in [2.75, 3.05) is 18.5 Å². The molecule has 2 N–H and O–H groups in total. The van der Waals surface area contributed by atoms with Crippen molar-refractivity contribution in [1.82, 2.24) is 9.55 Å². The first-order valence-electron chi connectivity index (χ1n) is 8.94. The van der Waals surface area contributed by atoms with E-state index in [0.29, 0.717) is 44.7 Å². The molecule has 25 heavy (non-hydrogen) atoms. The molecule has 0 aromatic carbocycles. The molecule has 0 bridgehead atoms. The van der Waals surface area contributed by atoms with Crippen molar-refractivity contribution in [3.63, 3.8) is 0 Å². The van der Waals surface area contributed by atoms with Gasteiger partial charge in [-0.2, -0.15) is 0 Å². The van der Waals surface area contributed by atoms with Crippen LogP contribution in [-0.2, 0) is 4.74 Å². The van der Waals surface area contributed by atoms with Crippen molar-refractivity contribution in [3.05, 3.63) is 26.9 Å². The second-order valence-corrected chi connectivity index (χ2v) is 7.17. The highest BCUT2D eigenvalue weighted by Crippen LogP contribution is 2.37. The molecule has 1 aromatic rings. The van der Waals surface area contributed by atoms with Gasteiger partial charge in [0.05, 0.1) is 0 Å². The number of nitrogens with one attached hydrogen (secondary N) is 2. The van der Waals surface area contributed by atoms with Crippen LogP contribution in [0.5, 0.6) is 0 Å². The van der Waals surface area contributed by atoms with E-state index in [0.717, 1.165) is 0 Å². The fraction of sp³-hybridized carbons (Fsp3) is 0.765. The van der Waals surface area contributed by atoms with Gasteiger partial charge in [-0.25, -0.2) is 13.6 Å². The van der Waals surface area contributed by atoms with Crippen LogP contribution in [0.25, 0.3) is 0 Å². The average molecular weight is 357 g/mol. The Morgan fingerprint density at radius 2 is 1.88 bits per heavy atom. The summed E-state index contributed by atoms with van der Waals surface area (Å²) in [5.41, 5.74) is -0.787. The molecule has 0 spiro atoms. The number of hydrogen-bond donors (Lipinski definition) is 2. The molecule has 1 aliphatic heterocycles. The summed E-state index contributed by atoms with van der Waals surface area (Å²) in [4.78, 5) is 27.4. The van der Waals surface area contributed by atoms with Crippen LogP contribution in [-0.4, -0.2) is 34.7 Å². The van der Waals surface area contributed by atoms with E-state index < -0.39 is 11.6 Å². The third-order valence-electron chi connectivity index (χ3n) is 5.37. The Bertz CT molecular complexity index is 669. The number of aromatic nitrogens is 2. The molecule has 2 aliphatic rings. The lowest BCUT2D eigenvalue weighted by molar-refractivity contribution is -0.0469. The van der Waals surface area contributed by atoms with Crippen LogP contribution in [0.2, 0.25) is 0 Å². The van der Waals surface area contributed by atoms with Crippen LogP contribution in [0.4, 0.5) is 14.6 Å². The number of rotatable bonds is 4. The largest absolute Gasteiger partial charge is 0.381 e. The molecular formula is C17H25F2N3O3. The van der Waals surface area contributed by atoms with Crippen molar-refractivity contribution >= 4 is 5.82 Å². The van der Waals surface area contributed by atoms with Crippen LogP contribution < -0.4 is 16.6 Å². The summed E-state index contributed by atoms with van der Waals surface area (Å²) < 4.78 is 33.1. The molecule has 2 fully saturated rings. The van der Waals surface area contributed by atoms with Gasteiger partial charge in [0.25, 0.3) is 5.56 Å². The summed E-state index contributed by atoms with van der Waals surface area (Å²) in [7, 11) is 0. The van der Waals surface area contributed by atoms with Crippen LogP contribution in [0, 0.1) is 5.92 Å². The van der Waals surface area contributed by atoms with Crippen molar-refractivity contribution in [3.8, 4) is 0 Å². The first-order valence-corrected chi connectivity index (χ1v) is 8.94. The minimum Gasteiger partial charge on any atom is -0.381 e. The lowest BCUT2D eigenvalue weighted by Gasteiger charge is -2.32. The van der Waals surface area contributed by atoms with Crippen LogP contribution >= 0.6 is 0 Å². The number of ether oxygens (including phenoxy) is 1. The zero-order valence-corrected chi connectivity index (χ0v) is 14.4. The van der Waals surface area contributed by atoms with Gasteiger partial charge in [0.1, 0.15) is 5.82 Å². The molecule has 1 atom stereocenters. The predicted octanol–water partition coefficient (Wildman–Crippen LogP) is 2.51. The second-order valence-electron chi connectivity index (χ2n) is 7.17. The van der Waals surface area contributed by atoms with Gasteiger partial charge in [-0.3, -0.25) is 14.3 Å². The monoisotopic (exact) mass is 357 g/mol. The maximum absolute atomic E-state index is 13.3. The van der Waals surface area contributed by atoms with Gasteiger partial charge in [0, 0.05) is 44.2 Å². The normalized spacial score (nSPS) is 23.3. The first-order chi connectivity index (χ1) is 11.9. The van der Waals surface area contributed by atoms with Gasteiger partial charge >= 0.3 is 5.69 Å². The molecule has 0 radical (unpaired) electrons. The number of H-pyrrole nitrogens is 1. The fourth-order valence-electron chi connectivity index (χ4n) is 3.80. The predicted molar refractivity (Wildman–Crippen MR) is 90.4 cm³/mol. The lowest BCUT2D eigenvalue weighted by atomic mass is 9.82. The summed E-state index contributed by atoms with van der Waals surface area (Å²) in [6, 6.07) is 1.15. The van der Waals surface area contributed by atoms with Crippen molar-refractivity contribution < 1.29 is 13.5 Å². The third-order valence-corrected chi connectivity index (χ3v) is 5.37. The minimum atomic E-state index is -2.56.